The highest BCUT2D eigenvalue weighted by Gasteiger charge is 2.37. The van der Waals surface area contributed by atoms with Crippen LogP contribution in [0.5, 0.6) is 0 Å². The Labute approximate surface area is 191 Å². The molecule has 4 rings (SSSR count). The summed E-state index contributed by atoms with van der Waals surface area (Å²) in [6.07, 6.45) is 2.66. The fourth-order valence-electron chi connectivity index (χ4n) is 4.29. The maximum Gasteiger partial charge on any atom is 0.293 e. The molecule has 0 saturated carbocycles. The summed E-state index contributed by atoms with van der Waals surface area (Å²) in [6, 6.07) is 10.1. The number of benzene rings is 2. The number of anilines is 1. The summed E-state index contributed by atoms with van der Waals surface area (Å²) >= 11 is 7.43. The first-order valence-corrected chi connectivity index (χ1v) is 11.3. The molecule has 1 saturated heterocycles. The minimum atomic E-state index is -0.440. The average Bonchev–Trinajstić information content (AvgIpc) is 2.96. The first-order valence-electron chi connectivity index (χ1n) is 10.1. The van der Waals surface area contributed by atoms with Crippen LogP contribution in [-0.2, 0) is 11.3 Å². The number of imide groups is 1. The summed E-state index contributed by atoms with van der Waals surface area (Å²) in [5, 5.41) is 0.111. The van der Waals surface area contributed by atoms with E-state index in [0.29, 0.717) is 27.0 Å². The molecule has 2 aliphatic heterocycles. The van der Waals surface area contributed by atoms with E-state index in [1.54, 1.807) is 24.3 Å². The van der Waals surface area contributed by atoms with Crippen LogP contribution in [0.2, 0.25) is 5.02 Å². The van der Waals surface area contributed by atoms with E-state index >= 15 is 0 Å². The molecule has 31 heavy (non-hydrogen) atoms. The first kappa shape index (κ1) is 21.9. The molecule has 1 atom stereocenters. The Bertz CT molecular complexity index is 1110. The van der Waals surface area contributed by atoms with Crippen LogP contribution < -0.4 is 4.90 Å². The molecule has 162 valence electrons. The van der Waals surface area contributed by atoms with Gasteiger partial charge in [-0.3, -0.25) is 14.5 Å². The zero-order valence-corrected chi connectivity index (χ0v) is 19.5. The smallest absolute Gasteiger partial charge is 0.293 e. The largest absolute Gasteiger partial charge is 0.369 e. The zero-order chi connectivity index (χ0) is 22.5. The number of rotatable bonds is 3. The summed E-state index contributed by atoms with van der Waals surface area (Å²) in [6.45, 7) is 6.51. The van der Waals surface area contributed by atoms with Gasteiger partial charge >= 0.3 is 0 Å². The van der Waals surface area contributed by atoms with Gasteiger partial charge in [-0.15, -0.1) is 0 Å². The van der Waals surface area contributed by atoms with Crippen LogP contribution in [0.1, 0.15) is 49.8 Å². The van der Waals surface area contributed by atoms with E-state index in [2.05, 4.69) is 32.7 Å². The second-order valence-electron chi connectivity index (χ2n) is 8.77. The highest BCUT2D eigenvalue weighted by atomic mass is 35.5. The normalized spacial score (nSPS) is 21.7. The van der Waals surface area contributed by atoms with Gasteiger partial charge < -0.3 is 4.90 Å². The second kappa shape index (κ2) is 7.99. The van der Waals surface area contributed by atoms with Crippen molar-refractivity contribution in [2.24, 2.45) is 0 Å². The SMILES string of the molecule is CC1CC(C)(C)N(C)c2cc(Cl)c(/C=C3/SC(=O)N(Cc4ccccc4F)C3=O)cc21. The van der Waals surface area contributed by atoms with Crippen LogP contribution >= 0.6 is 23.4 Å². The summed E-state index contributed by atoms with van der Waals surface area (Å²) in [7, 11) is 2.06. The number of carbonyl (C=O) groups excluding carboxylic acids is 2. The van der Waals surface area contributed by atoms with Gasteiger partial charge in [-0.05, 0) is 73.4 Å². The van der Waals surface area contributed by atoms with E-state index < -0.39 is 17.0 Å². The third kappa shape index (κ3) is 3.99. The third-order valence-electron chi connectivity index (χ3n) is 6.20. The molecule has 2 aromatic rings. The van der Waals surface area contributed by atoms with Crippen LogP contribution in [0.3, 0.4) is 0 Å². The van der Waals surface area contributed by atoms with Crippen molar-refractivity contribution in [2.45, 2.75) is 45.2 Å². The van der Waals surface area contributed by atoms with Crippen LogP contribution in [0.15, 0.2) is 41.3 Å². The molecular formula is C24H24ClFN2O2S. The summed E-state index contributed by atoms with van der Waals surface area (Å²) in [4.78, 5) is 28.9. The van der Waals surface area contributed by atoms with E-state index in [4.69, 9.17) is 11.6 Å². The maximum atomic E-state index is 14.0. The predicted octanol–water partition coefficient (Wildman–Crippen LogP) is 6.44. The monoisotopic (exact) mass is 458 g/mol. The quantitative estimate of drug-likeness (QED) is 0.496. The van der Waals surface area contributed by atoms with Gasteiger partial charge in [-0.2, -0.15) is 0 Å². The molecule has 0 aliphatic carbocycles. The van der Waals surface area contributed by atoms with E-state index in [1.807, 2.05) is 12.1 Å². The van der Waals surface area contributed by atoms with Crippen LogP contribution in [0, 0.1) is 5.82 Å². The van der Waals surface area contributed by atoms with E-state index in [1.165, 1.54) is 11.6 Å². The zero-order valence-electron chi connectivity index (χ0n) is 17.9. The molecule has 0 aromatic heterocycles. The molecule has 2 heterocycles. The second-order valence-corrected chi connectivity index (χ2v) is 10.2. The van der Waals surface area contributed by atoms with Gasteiger partial charge in [-0.25, -0.2) is 4.39 Å². The minimum Gasteiger partial charge on any atom is -0.369 e. The first-order chi connectivity index (χ1) is 14.6. The number of halogens is 2. The number of hydrogen-bond acceptors (Lipinski definition) is 4. The summed E-state index contributed by atoms with van der Waals surface area (Å²) in [5.74, 6) is -0.538. The third-order valence-corrected chi connectivity index (χ3v) is 7.43. The highest BCUT2D eigenvalue weighted by molar-refractivity contribution is 8.18. The molecule has 0 N–H and O–H groups in total. The van der Waals surface area contributed by atoms with E-state index in [9.17, 15) is 14.0 Å². The number of thioether (sulfide) groups is 1. The number of amides is 2. The molecule has 2 aromatic carbocycles. The summed E-state index contributed by atoms with van der Waals surface area (Å²) in [5.41, 5.74) is 3.28. The van der Waals surface area contributed by atoms with E-state index in [0.717, 1.165) is 28.8 Å². The van der Waals surface area contributed by atoms with Crippen LogP contribution in [-0.4, -0.2) is 28.6 Å². The Morgan fingerprint density at radius 2 is 1.97 bits per heavy atom. The molecule has 1 unspecified atom stereocenters. The standard InChI is InChI=1S/C24H24ClFN2O2S/c1-14-12-24(2,3)27(4)20-11-18(25)16(9-17(14)20)10-21-22(29)28(23(30)31-21)13-15-7-5-6-8-19(15)26/h5-11,14H,12-13H2,1-4H3/b21-10+. The maximum absolute atomic E-state index is 14.0. The fourth-order valence-corrected chi connectivity index (χ4v) is 5.33. The molecule has 0 bridgehead atoms. The van der Waals surface area contributed by atoms with Gasteiger partial charge in [0, 0.05) is 28.9 Å². The Morgan fingerprint density at radius 1 is 1.26 bits per heavy atom. The Balaban J connectivity index is 1.65. The van der Waals surface area contributed by atoms with Crippen LogP contribution in [0.25, 0.3) is 6.08 Å². The van der Waals surface area contributed by atoms with Gasteiger partial charge in [0.05, 0.1) is 11.4 Å². The van der Waals surface area contributed by atoms with Gasteiger partial charge in [-0.1, -0.05) is 36.7 Å². The molecular weight excluding hydrogens is 435 g/mol. The Hall–Kier alpha value is -2.31. The molecule has 7 heteroatoms. The molecule has 1 fully saturated rings. The van der Waals surface area contributed by atoms with Crippen molar-refractivity contribution < 1.29 is 14.0 Å². The van der Waals surface area contributed by atoms with E-state index in [-0.39, 0.29) is 12.1 Å². The number of carbonyl (C=O) groups is 2. The molecule has 0 radical (unpaired) electrons. The van der Waals surface area contributed by atoms with Gasteiger partial charge in [0.25, 0.3) is 11.1 Å². The van der Waals surface area contributed by atoms with Crippen molar-refractivity contribution in [1.29, 1.82) is 0 Å². The van der Waals surface area contributed by atoms with Crippen molar-refractivity contribution in [1.82, 2.24) is 4.90 Å². The lowest BCUT2D eigenvalue weighted by Crippen LogP contribution is -2.45. The topological polar surface area (TPSA) is 40.6 Å². The van der Waals surface area contributed by atoms with Crippen molar-refractivity contribution in [3.05, 3.63) is 68.8 Å². The Morgan fingerprint density at radius 3 is 2.68 bits per heavy atom. The van der Waals surface area contributed by atoms with Crippen molar-refractivity contribution in [3.63, 3.8) is 0 Å². The van der Waals surface area contributed by atoms with Gasteiger partial charge in [0.1, 0.15) is 5.82 Å². The van der Waals surface area contributed by atoms with Crippen molar-refractivity contribution in [3.8, 4) is 0 Å². The minimum absolute atomic E-state index is 0.0205. The highest BCUT2D eigenvalue weighted by Crippen LogP contribution is 2.45. The van der Waals surface area contributed by atoms with Crippen molar-refractivity contribution >= 4 is 46.3 Å². The van der Waals surface area contributed by atoms with Gasteiger partial charge in [0.2, 0.25) is 0 Å². The average molecular weight is 459 g/mol. The van der Waals surface area contributed by atoms with Gasteiger partial charge in [0.15, 0.2) is 0 Å². The Kier molecular flexibility index (Phi) is 5.64. The lowest BCUT2D eigenvalue weighted by Gasteiger charge is -2.45. The van der Waals surface area contributed by atoms with Crippen LogP contribution in [0.4, 0.5) is 14.9 Å². The lowest BCUT2D eigenvalue weighted by molar-refractivity contribution is -0.123. The summed E-state index contributed by atoms with van der Waals surface area (Å²) < 4.78 is 14.0. The molecule has 2 amide bonds. The number of fused-ring (bicyclic) bond motifs is 1. The number of nitrogens with zero attached hydrogens (tertiary/aromatic N) is 2. The lowest BCUT2D eigenvalue weighted by atomic mass is 9.80. The predicted molar refractivity (Wildman–Crippen MR) is 125 cm³/mol. The molecule has 2 aliphatic rings. The molecule has 4 nitrogen and oxygen atoms in total. The van der Waals surface area contributed by atoms with Crippen molar-refractivity contribution in [2.75, 3.05) is 11.9 Å². The number of hydrogen-bond donors (Lipinski definition) is 0. The fraction of sp³-hybridized carbons (Fsp3) is 0.333. The molecule has 0 spiro atoms.